The third kappa shape index (κ3) is 5.44. The molecule has 1 fully saturated rings. The Kier molecular flexibility index (Phi) is 5.82. The molecule has 0 saturated carbocycles. The number of hydrogen-bond donors (Lipinski definition) is 1. The van der Waals surface area contributed by atoms with Gasteiger partial charge in [-0.2, -0.15) is 0 Å². The molecule has 0 aromatic heterocycles. The van der Waals surface area contributed by atoms with Crippen LogP contribution in [0, 0.1) is 0 Å². The lowest BCUT2D eigenvalue weighted by atomic mass is 10.2. The topological polar surface area (TPSA) is 38.5 Å². The molecule has 3 atom stereocenters. The van der Waals surface area contributed by atoms with Gasteiger partial charge in [-0.15, -0.1) is 6.58 Å². The summed E-state index contributed by atoms with van der Waals surface area (Å²) < 4.78 is 19.3. The molecule has 0 bridgehead atoms. The maximum absolute atomic E-state index is 13.7. The van der Waals surface area contributed by atoms with Crippen LogP contribution in [0.1, 0.15) is 20.3 Å². The van der Waals surface area contributed by atoms with Gasteiger partial charge in [0, 0.05) is 19.1 Å². The minimum atomic E-state index is -0.275. The Morgan fingerprint density at radius 3 is 2.65 bits per heavy atom. The van der Waals surface area contributed by atoms with E-state index in [1.54, 1.807) is 6.08 Å². The van der Waals surface area contributed by atoms with Crippen molar-refractivity contribution in [3.05, 3.63) is 24.6 Å². The summed E-state index contributed by atoms with van der Waals surface area (Å²) in [6.45, 7) is 9.45. The Labute approximate surface area is 103 Å². The van der Waals surface area contributed by atoms with E-state index >= 15 is 0 Å². The molecule has 0 aromatic rings. The minimum Gasteiger partial charge on any atom is -0.373 e. The molecule has 1 heterocycles. The lowest BCUT2D eigenvalue weighted by Gasteiger charge is -2.34. The molecular formula is C13H23FN2O. The van der Waals surface area contributed by atoms with Crippen LogP contribution < -0.4 is 5.73 Å². The predicted octanol–water partition coefficient (Wildman–Crippen LogP) is 1.85. The van der Waals surface area contributed by atoms with Crippen molar-refractivity contribution in [2.75, 3.05) is 19.6 Å². The van der Waals surface area contributed by atoms with Crippen LogP contribution in [0.2, 0.25) is 0 Å². The highest BCUT2D eigenvalue weighted by molar-refractivity contribution is 5.02. The number of morpholine rings is 1. The van der Waals surface area contributed by atoms with E-state index < -0.39 is 0 Å². The molecule has 0 amide bonds. The van der Waals surface area contributed by atoms with Crippen molar-refractivity contribution in [3.63, 3.8) is 0 Å². The van der Waals surface area contributed by atoms with E-state index in [1.807, 2.05) is 13.8 Å². The molecule has 0 radical (unpaired) electrons. The Morgan fingerprint density at radius 2 is 2.12 bits per heavy atom. The van der Waals surface area contributed by atoms with Gasteiger partial charge in [0.05, 0.1) is 18.8 Å². The SMILES string of the molecule is C=CCC(N)/C=C(/F)CN1C[C@@H](C)O[C@@H](C)C1. The molecule has 0 spiro atoms. The lowest BCUT2D eigenvalue weighted by Crippen LogP contribution is -2.45. The highest BCUT2D eigenvalue weighted by atomic mass is 19.1. The van der Waals surface area contributed by atoms with Gasteiger partial charge in [-0.25, -0.2) is 4.39 Å². The number of halogens is 1. The first-order valence-electron chi connectivity index (χ1n) is 6.11. The smallest absolute Gasteiger partial charge is 0.111 e. The normalized spacial score (nSPS) is 29.1. The third-order valence-electron chi connectivity index (χ3n) is 2.70. The second-order valence-electron chi connectivity index (χ2n) is 4.75. The summed E-state index contributed by atoms with van der Waals surface area (Å²) in [7, 11) is 0. The number of nitrogens with zero attached hydrogens (tertiary/aromatic N) is 1. The van der Waals surface area contributed by atoms with Gasteiger partial charge in [0.2, 0.25) is 0 Å². The average molecular weight is 242 g/mol. The van der Waals surface area contributed by atoms with E-state index in [4.69, 9.17) is 10.5 Å². The zero-order chi connectivity index (χ0) is 12.8. The van der Waals surface area contributed by atoms with Gasteiger partial charge in [0.15, 0.2) is 0 Å². The molecule has 2 N–H and O–H groups in total. The summed E-state index contributed by atoms with van der Waals surface area (Å²) >= 11 is 0. The molecule has 1 saturated heterocycles. The van der Waals surface area contributed by atoms with Crippen LogP contribution in [0.4, 0.5) is 4.39 Å². The summed E-state index contributed by atoms with van der Waals surface area (Å²) in [5.74, 6) is -0.166. The number of hydrogen-bond acceptors (Lipinski definition) is 3. The van der Waals surface area contributed by atoms with Crippen molar-refractivity contribution in [1.82, 2.24) is 4.90 Å². The van der Waals surface area contributed by atoms with E-state index in [2.05, 4.69) is 11.5 Å². The molecule has 1 rings (SSSR count). The van der Waals surface area contributed by atoms with Crippen LogP contribution in [0.5, 0.6) is 0 Å². The zero-order valence-corrected chi connectivity index (χ0v) is 10.7. The third-order valence-corrected chi connectivity index (χ3v) is 2.70. The van der Waals surface area contributed by atoms with Gasteiger partial charge in [-0.1, -0.05) is 6.08 Å². The second-order valence-corrected chi connectivity index (χ2v) is 4.75. The van der Waals surface area contributed by atoms with Gasteiger partial charge in [-0.3, -0.25) is 4.90 Å². The van der Waals surface area contributed by atoms with Crippen LogP contribution in [-0.4, -0.2) is 42.8 Å². The van der Waals surface area contributed by atoms with Crippen molar-refractivity contribution in [1.29, 1.82) is 0 Å². The predicted molar refractivity (Wildman–Crippen MR) is 68.4 cm³/mol. The van der Waals surface area contributed by atoms with Crippen LogP contribution >= 0.6 is 0 Å². The zero-order valence-electron chi connectivity index (χ0n) is 10.7. The molecule has 4 heteroatoms. The minimum absolute atomic E-state index is 0.161. The average Bonchev–Trinajstić information content (AvgIpc) is 2.14. The number of ether oxygens (including phenoxy) is 1. The van der Waals surface area contributed by atoms with Gasteiger partial charge in [-0.05, 0) is 26.3 Å². The van der Waals surface area contributed by atoms with Crippen molar-refractivity contribution in [3.8, 4) is 0 Å². The van der Waals surface area contributed by atoms with Crippen LogP contribution in [0.25, 0.3) is 0 Å². The summed E-state index contributed by atoms with van der Waals surface area (Å²) in [6.07, 6.45) is 4.10. The molecule has 3 nitrogen and oxygen atoms in total. The first kappa shape index (κ1) is 14.4. The second kappa shape index (κ2) is 6.89. The Balaban J connectivity index is 2.44. The molecule has 17 heavy (non-hydrogen) atoms. The summed E-state index contributed by atoms with van der Waals surface area (Å²) in [5.41, 5.74) is 5.71. The van der Waals surface area contributed by atoms with Crippen molar-refractivity contribution in [2.45, 2.75) is 38.5 Å². The van der Waals surface area contributed by atoms with Gasteiger partial charge >= 0.3 is 0 Å². The van der Waals surface area contributed by atoms with E-state index in [-0.39, 0.29) is 24.1 Å². The molecule has 1 aliphatic rings. The van der Waals surface area contributed by atoms with Crippen molar-refractivity contribution in [2.24, 2.45) is 5.73 Å². The van der Waals surface area contributed by atoms with Gasteiger partial charge in [0.25, 0.3) is 0 Å². The molecule has 0 aromatic carbocycles. The van der Waals surface area contributed by atoms with E-state index in [9.17, 15) is 4.39 Å². The molecule has 98 valence electrons. The van der Waals surface area contributed by atoms with Crippen LogP contribution in [-0.2, 0) is 4.74 Å². The van der Waals surface area contributed by atoms with E-state index in [0.717, 1.165) is 13.1 Å². The Bertz CT molecular complexity index is 271. The molecule has 1 unspecified atom stereocenters. The molecule has 0 aliphatic carbocycles. The number of nitrogens with two attached hydrogens (primary N) is 1. The first-order valence-corrected chi connectivity index (χ1v) is 6.11. The summed E-state index contributed by atoms with van der Waals surface area (Å²) in [5, 5.41) is 0. The van der Waals surface area contributed by atoms with Gasteiger partial charge < -0.3 is 10.5 Å². The van der Waals surface area contributed by atoms with Crippen LogP contribution in [0.15, 0.2) is 24.6 Å². The first-order chi connectivity index (χ1) is 8.01. The Hall–Kier alpha value is -0.710. The fourth-order valence-corrected chi connectivity index (χ4v) is 2.17. The van der Waals surface area contributed by atoms with E-state index in [1.165, 1.54) is 6.08 Å². The van der Waals surface area contributed by atoms with Gasteiger partial charge in [0.1, 0.15) is 5.83 Å². The van der Waals surface area contributed by atoms with E-state index in [0.29, 0.717) is 13.0 Å². The monoisotopic (exact) mass is 242 g/mol. The standard InChI is InChI=1S/C13H23FN2O/c1-4-5-13(15)6-12(14)9-16-7-10(2)17-11(3)8-16/h4,6,10-11,13H,1,5,7-9,15H2,2-3H3/b12-6+/t10-,11+,13?. The maximum atomic E-state index is 13.7. The highest BCUT2D eigenvalue weighted by Gasteiger charge is 2.22. The Morgan fingerprint density at radius 1 is 1.53 bits per heavy atom. The van der Waals surface area contributed by atoms with Crippen molar-refractivity contribution < 1.29 is 9.13 Å². The largest absolute Gasteiger partial charge is 0.373 e. The fourth-order valence-electron chi connectivity index (χ4n) is 2.17. The summed E-state index contributed by atoms with van der Waals surface area (Å²) in [4.78, 5) is 2.06. The quantitative estimate of drug-likeness (QED) is 0.748. The summed E-state index contributed by atoms with van der Waals surface area (Å²) in [6, 6.07) is -0.275. The lowest BCUT2D eigenvalue weighted by molar-refractivity contribution is -0.0663. The highest BCUT2D eigenvalue weighted by Crippen LogP contribution is 2.13. The van der Waals surface area contributed by atoms with Crippen LogP contribution in [0.3, 0.4) is 0 Å². The molecular weight excluding hydrogens is 219 g/mol. The van der Waals surface area contributed by atoms with Crippen molar-refractivity contribution >= 4 is 0 Å². The fraction of sp³-hybridized carbons (Fsp3) is 0.692. The maximum Gasteiger partial charge on any atom is 0.111 e. The molecule has 1 aliphatic heterocycles. The number of rotatable bonds is 5.